The smallest absolute Gasteiger partial charge is 0.0930 e. The van der Waals surface area contributed by atoms with Crippen LogP contribution in [-0.4, -0.2) is 52.0 Å². The van der Waals surface area contributed by atoms with Crippen molar-refractivity contribution in [2.24, 2.45) is 0 Å². The van der Waals surface area contributed by atoms with Crippen LogP contribution in [0.5, 0.6) is 0 Å². The van der Waals surface area contributed by atoms with Gasteiger partial charge in [0.1, 0.15) is 0 Å². The molecule has 0 bridgehead atoms. The van der Waals surface area contributed by atoms with E-state index in [-0.39, 0.29) is 6.10 Å². The summed E-state index contributed by atoms with van der Waals surface area (Å²) in [7, 11) is 5.77. The summed E-state index contributed by atoms with van der Waals surface area (Å²) in [6.45, 7) is 4.34. The maximum Gasteiger partial charge on any atom is 0.0930 e. The SMILES string of the molecule is CCOC[C@@H](CN(C)C)OC. The summed E-state index contributed by atoms with van der Waals surface area (Å²) in [5.41, 5.74) is 0. The highest BCUT2D eigenvalue weighted by Gasteiger charge is 2.07. The van der Waals surface area contributed by atoms with Gasteiger partial charge in [-0.15, -0.1) is 0 Å². The first-order valence-electron chi connectivity index (χ1n) is 3.96. The van der Waals surface area contributed by atoms with Crippen molar-refractivity contribution in [2.75, 3.05) is 41.0 Å². The Kier molecular flexibility index (Phi) is 6.51. The minimum atomic E-state index is 0.199. The first-order chi connectivity index (χ1) is 5.20. The van der Waals surface area contributed by atoms with Crippen molar-refractivity contribution < 1.29 is 9.47 Å². The number of methoxy groups -OCH3 is 1. The lowest BCUT2D eigenvalue weighted by Gasteiger charge is -2.18. The minimum absolute atomic E-state index is 0.199. The monoisotopic (exact) mass is 161 g/mol. The molecule has 0 N–H and O–H groups in total. The second-order valence-corrected chi connectivity index (χ2v) is 2.78. The molecule has 0 aliphatic heterocycles. The molecule has 0 aromatic carbocycles. The van der Waals surface area contributed by atoms with Gasteiger partial charge in [0.25, 0.3) is 0 Å². The van der Waals surface area contributed by atoms with Crippen LogP contribution in [0.25, 0.3) is 0 Å². The third kappa shape index (κ3) is 6.28. The van der Waals surface area contributed by atoms with Gasteiger partial charge in [-0.25, -0.2) is 0 Å². The fraction of sp³-hybridized carbons (Fsp3) is 1.00. The summed E-state index contributed by atoms with van der Waals surface area (Å²) in [4.78, 5) is 2.09. The fourth-order valence-corrected chi connectivity index (χ4v) is 0.852. The molecule has 0 aromatic rings. The second-order valence-electron chi connectivity index (χ2n) is 2.78. The molecule has 0 saturated heterocycles. The Bertz CT molecular complexity index is 86.2. The van der Waals surface area contributed by atoms with E-state index in [9.17, 15) is 0 Å². The zero-order chi connectivity index (χ0) is 8.69. The lowest BCUT2D eigenvalue weighted by Crippen LogP contribution is -2.31. The Hall–Kier alpha value is -0.120. The van der Waals surface area contributed by atoms with Gasteiger partial charge >= 0.3 is 0 Å². The van der Waals surface area contributed by atoms with Gasteiger partial charge in [-0.1, -0.05) is 0 Å². The van der Waals surface area contributed by atoms with Crippen molar-refractivity contribution in [2.45, 2.75) is 13.0 Å². The highest BCUT2D eigenvalue weighted by Crippen LogP contribution is 1.93. The number of rotatable bonds is 6. The molecule has 68 valence electrons. The average Bonchev–Trinajstić information content (AvgIpc) is 1.97. The maximum atomic E-state index is 5.24. The summed E-state index contributed by atoms with van der Waals surface area (Å²) in [5, 5.41) is 0. The molecule has 3 heteroatoms. The Balaban J connectivity index is 3.41. The van der Waals surface area contributed by atoms with Gasteiger partial charge in [-0.05, 0) is 21.0 Å². The van der Waals surface area contributed by atoms with E-state index in [2.05, 4.69) is 4.90 Å². The predicted molar refractivity (Wildman–Crippen MR) is 45.8 cm³/mol. The third-order valence-electron chi connectivity index (χ3n) is 1.41. The van der Waals surface area contributed by atoms with Crippen molar-refractivity contribution in [3.63, 3.8) is 0 Å². The second kappa shape index (κ2) is 6.58. The van der Waals surface area contributed by atoms with E-state index >= 15 is 0 Å². The Morgan fingerprint density at radius 3 is 2.36 bits per heavy atom. The summed E-state index contributed by atoms with van der Waals surface area (Å²) in [6, 6.07) is 0. The normalized spacial score (nSPS) is 13.9. The van der Waals surface area contributed by atoms with Crippen LogP contribution in [0.4, 0.5) is 0 Å². The van der Waals surface area contributed by atoms with Crippen LogP contribution in [0.2, 0.25) is 0 Å². The molecule has 0 aliphatic rings. The molecule has 0 rings (SSSR count). The van der Waals surface area contributed by atoms with Gasteiger partial charge in [-0.2, -0.15) is 0 Å². The van der Waals surface area contributed by atoms with Crippen LogP contribution in [0.1, 0.15) is 6.92 Å². The molecule has 1 atom stereocenters. The van der Waals surface area contributed by atoms with Crippen LogP contribution >= 0.6 is 0 Å². The molecule has 0 heterocycles. The molecular weight excluding hydrogens is 142 g/mol. The Labute approximate surface area is 69.3 Å². The largest absolute Gasteiger partial charge is 0.379 e. The summed E-state index contributed by atoms with van der Waals surface area (Å²) in [6.07, 6.45) is 0.199. The molecule has 0 spiro atoms. The standard InChI is InChI=1S/C8H19NO2/c1-5-11-7-8(10-4)6-9(2)3/h8H,5-7H2,1-4H3/t8-/m1/s1. The topological polar surface area (TPSA) is 21.7 Å². The molecule has 0 aromatic heterocycles. The zero-order valence-electron chi connectivity index (χ0n) is 7.96. The molecule has 11 heavy (non-hydrogen) atoms. The van der Waals surface area contributed by atoms with Gasteiger partial charge in [0.15, 0.2) is 0 Å². The fourth-order valence-electron chi connectivity index (χ4n) is 0.852. The van der Waals surface area contributed by atoms with Crippen molar-refractivity contribution in [1.82, 2.24) is 4.90 Å². The number of hydrogen-bond donors (Lipinski definition) is 0. The summed E-state index contributed by atoms with van der Waals surface area (Å²) in [5.74, 6) is 0. The van der Waals surface area contributed by atoms with Crippen molar-refractivity contribution in [1.29, 1.82) is 0 Å². The highest BCUT2D eigenvalue weighted by atomic mass is 16.5. The number of likely N-dealkylation sites (N-methyl/N-ethyl adjacent to an activating group) is 1. The molecule has 0 radical (unpaired) electrons. The average molecular weight is 161 g/mol. The number of hydrogen-bond acceptors (Lipinski definition) is 3. The maximum absolute atomic E-state index is 5.24. The zero-order valence-corrected chi connectivity index (χ0v) is 7.96. The van der Waals surface area contributed by atoms with Crippen LogP contribution in [-0.2, 0) is 9.47 Å². The van der Waals surface area contributed by atoms with E-state index in [4.69, 9.17) is 9.47 Å². The first kappa shape index (κ1) is 10.9. The molecule has 0 saturated carbocycles. The summed E-state index contributed by atoms with van der Waals surface area (Å²) < 4.78 is 10.4. The third-order valence-corrected chi connectivity index (χ3v) is 1.41. The van der Waals surface area contributed by atoms with Gasteiger partial charge in [0.05, 0.1) is 12.7 Å². The van der Waals surface area contributed by atoms with E-state index in [1.807, 2.05) is 21.0 Å². The van der Waals surface area contributed by atoms with E-state index < -0.39 is 0 Å². The Morgan fingerprint density at radius 2 is 2.00 bits per heavy atom. The number of ether oxygens (including phenoxy) is 2. The van der Waals surface area contributed by atoms with Crippen LogP contribution in [0.3, 0.4) is 0 Å². The number of nitrogens with zero attached hydrogens (tertiary/aromatic N) is 1. The van der Waals surface area contributed by atoms with Crippen molar-refractivity contribution in [3.8, 4) is 0 Å². The van der Waals surface area contributed by atoms with Gasteiger partial charge in [0, 0.05) is 20.3 Å². The Morgan fingerprint density at radius 1 is 1.36 bits per heavy atom. The molecule has 0 fully saturated rings. The van der Waals surface area contributed by atoms with Crippen LogP contribution in [0, 0.1) is 0 Å². The van der Waals surface area contributed by atoms with Crippen LogP contribution < -0.4 is 0 Å². The lowest BCUT2D eigenvalue weighted by atomic mass is 10.3. The van der Waals surface area contributed by atoms with Crippen molar-refractivity contribution >= 4 is 0 Å². The van der Waals surface area contributed by atoms with E-state index in [0.717, 1.165) is 13.2 Å². The predicted octanol–water partition coefficient (Wildman–Crippen LogP) is 0.599. The molecule has 0 amide bonds. The van der Waals surface area contributed by atoms with E-state index in [1.165, 1.54) is 0 Å². The quantitative estimate of drug-likeness (QED) is 0.569. The first-order valence-corrected chi connectivity index (χ1v) is 3.96. The van der Waals surface area contributed by atoms with E-state index in [1.54, 1.807) is 7.11 Å². The minimum Gasteiger partial charge on any atom is -0.379 e. The molecule has 0 unspecified atom stereocenters. The van der Waals surface area contributed by atoms with Gasteiger partial charge < -0.3 is 14.4 Å². The van der Waals surface area contributed by atoms with Crippen molar-refractivity contribution in [3.05, 3.63) is 0 Å². The van der Waals surface area contributed by atoms with Gasteiger partial charge in [0.2, 0.25) is 0 Å². The highest BCUT2D eigenvalue weighted by molar-refractivity contribution is 4.58. The molecular formula is C8H19NO2. The molecule has 0 aliphatic carbocycles. The van der Waals surface area contributed by atoms with E-state index in [0.29, 0.717) is 6.61 Å². The van der Waals surface area contributed by atoms with Gasteiger partial charge in [-0.3, -0.25) is 0 Å². The lowest BCUT2D eigenvalue weighted by molar-refractivity contribution is 0.000555. The van der Waals surface area contributed by atoms with Crippen LogP contribution in [0.15, 0.2) is 0 Å². The summed E-state index contributed by atoms with van der Waals surface area (Å²) >= 11 is 0. The molecule has 3 nitrogen and oxygen atoms in total.